The number of aromatic nitrogens is 1. The van der Waals surface area contributed by atoms with Gasteiger partial charge in [0.05, 0.1) is 6.26 Å². The van der Waals surface area contributed by atoms with Gasteiger partial charge in [0.1, 0.15) is 5.76 Å². The van der Waals surface area contributed by atoms with Crippen molar-refractivity contribution in [3.8, 4) is 11.3 Å². The van der Waals surface area contributed by atoms with Crippen molar-refractivity contribution in [3.05, 3.63) is 35.9 Å². The number of H-pyrrole nitrogens is 1. The van der Waals surface area contributed by atoms with Gasteiger partial charge in [0.15, 0.2) is 0 Å². The summed E-state index contributed by atoms with van der Waals surface area (Å²) < 4.78 is 5.29. The Morgan fingerprint density at radius 3 is 2.67 bits per heavy atom. The quantitative estimate of drug-likeness (QED) is 0.684. The van der Waals surface area contributed by atoms with Crippen molar-refractivity contribution in [2.75, 3.05) is 0 Å². The van der Waals surface area contributed by atoms with Crippen LogP contribution < -0.4 is 0 Å². The lowest BCUT2D eigenvalue weighted by atomic mass is 10.1. The zero-order chi connectivity index (χ0) is 8.55. The minimum Gasteiger partial charge on any atom is -0.464 e. The lowest BCUT2D eigenvalue weighted by Crippen LogP contribution is -1.75. The van der Waals surface area contributed by atoms with Crippen molar-refractivity contribution in [3.63, 3.8) is 0 Å². The lowest BCUT2D eigenvalue weighted by molar-refractivity contribution is 0.582. The molecule has 0 radical (unpaired) electrons. The van der Waals surface area contributed by atoms with Gasteiger partial charge in [-0.05, 0) is 31.5 Å². The molecule has 0 unspecified atom stereocenters. The monoisotopic (exact) mass is 161 g/mol. The van der Waals surface area contributed by atoms with Gasteiger partial charge in [0, 0.05) is 17.5 Å². The zero-order valence-electron chi connectivity index (χ0n) is 7.22. The Morgan fingerprint density at radius 2 is 2.17 bits per heavy atom. The van der Waals surface area contributed by atoms with Crippen LogP contribution in [0, 0.1) is 13.8 Å². The van der Waals surface area contributed by atoms with Gasteiger partial charge in [-0.3, -0.25) is 0 Å². The smallest absolute Gasteiger partial charge is 0.135 e. The van der Waals surface area contributed by atoms with Crippen LogP contribution in [-0.4, -0.2) is 4.98 Å². The van der Waals surface area contributed by atoms with Gasteiger partial charge in [0.25, 0.3) is 0 Å². The lowest BCUT2D eigenvalue weighted by Gasteiger charge is -1.93. The molecule has 0 aliphatic heterocycles. The molecule has 2 aromatic rings. The van der Waals surface area contributed by atoms with Crippen LogP contribution in [0.4, 0.5) is 0 Å². The molecule has 0 saturated carbocycles. The highest BCUT2D eigenvalue weighted by Gasteiger charge is 2.06. The Kier molecular flexibility index (Phi) is 1.54. The summed E-state index contributed by atoms with van der Waals surface area (Å²) in [6, 6.07) is 3.87. The van der Waals surface area contributed by atoms with Gasteiger partial charge in [-0.25, -0.2) is 0 Å². The molecule has 0 spiro atoms. The Bertz CT molecular complexity index is 370. The second kappa shape index (κ2) is 2.55. The van der Waals surface area contributed by atoms with Crippen molar-refractivity contribution >= 4 is 0 Å². The molecule has 0 atom stereocenters. The standard InChI is InChI=1S/C10H11NO/c1-7-8(2)11-6-9(7)10-4-3-5-12-10/h3-6,11H,1-2H3. The van der Waals surface area contributed by atoms with Crippen LogP contribution in [-0.2, 0) is 0 Å². The van der Waals surface area contributed by atoms with Crippen LogP contribution in [0.2, 0.25) is 0 Å². The molecule has 0 aliphatic rings. The SMILES string of the molecule is Cc1[nH]cc(-c2ccco2)c1C. The second-order valence-electron chi connectivity index (χ2n) is 2.93. The van der Waals surface area contributed by atoms with Crippen molar-refractivity contribution in [2.45, 2.75) is 13.8 Å². The van der Waals surface area contributed by atoms with E-state index in [-0.39, 0.29) is 0 Å². The van der Waals surface area contributed by atoms with E-state index in [9.17, 15) is 0 Å². The molecule has 2 nitrogen and oxygen atoms in total. The molecule has 0 aromatic carbocycles. The van der Waals surface area contributed by atoms with Crippen molar-refractivity contribution in [2.24, 2.45) is 0 Å². The zero-order valence-corrected chi connectivity index (χ0v) is 7.22. The summed E-state index contributed by atoms with van der Waals surface area (Å²) in [7, 11) is 0. The van der Waals surface area contributed by atoms with E-state index >= 15 is 0 Å². The molecule has 0 saturated heterocycles. The molecule has 0 fully saturated rings. The molecular formula is C10H11NO. The maximum Gasteiger partial charge on any atom is 0.135 e. The third kappa shape index (κ3) is 0.961. The van der Waals surface area contributed by atoms with Crippen LogP contribution in [0.15, 0.2) is 29.0 Å². The van der Waals surface area contributed by atoms with Gasteiger partial charge in [-0.2, -0.15) is 0 Å². The molecule has 0 amide bonds. The molecule has 0 bridgehead atoms. The summed E-state index contributed by atoms with van der Waals surface area (Å²) in [6.45, 7) is 4.14. The van der Waals surface area contributed by atoms with E-state index in [1.165, 1.54) is 11.3 Å². The van der Waals surface area contributed by atoms with Crippen molar-refractivity contribution in [1.82, 2.24) is 4.98 Å². The van der Waals surface area contributed by atoms with Crippen molar-refractivity contribution in [1.29, 1.82) is 0 Å². The first-order valence-corrected chi connectivity index (χ1v) is 3.97. The highest BCUT2D eigenvalue weighted by Crippen LogP contribution is 2.25. The number of hydrogen-bond donors (Lipinski definition) is 1. The summed E-state index contributed by atoms with van der Waals surface area (Å²) in [5.41, 5.74) is 3.60. The average molecular weight is 161 g/mol. The third-order valence-electron chi connectivity index (χ3n) is 2.19. The molecule has 2 heterocycles. The fourth-order valence-electron chi connectivity index (χ4n) is 1.29. The minimum absolute atomic E-state index is 0.928. The average Bonchev–Trinajstić information content (AvgIpc) is 2.64. The summed E-state index contributed by atoms with van der Waals surface area (Å²) in [4.78, 5) is 3.17. The van der Waals surface area contributed by atoms with E-state index < -0.39 is 0 Å². The number of rotatable bonds is 1. The van der Waals surface area contributed by atoms with E-state index in [1.54, 1.807) is 6.26 Å². The number of furan rings is 1. The van der Waals surface area contributed by atoms with Crippen molar-refractivity contribution < 1.29 is 4.42 Å². The van der Waals surface area contributed by atoms with Crippen LogP contribution in [0.1, 0.15) is 11.3 Å². The number of nitrogens with one attached hydrogen (secondary N) is 1. The topological polar surface area (TPSA) is 28.9 Å². The molecule has 62 valence electrons. The number of hydrogen-bond acceptors (Lipinski definition) is 1. The Morgan fingerprint density at radius 1 is 1.33 bits per heavy atom. The van der Waals surface area contributed by atoms with E-state index in [0.717, 1.165) is 11.3 Å². The molecule has 2 rings (SSSR count). The summed E-state index contributed by atoms with van der Waals surface area (Å²) in [5.74, 6) is 0.928. The highest BCUT2D eigenvalue weighted by atomic mass is 16.3. The maximum absolute atomic E-state index is 5.29. The van der Waals surface area contributed by atoms with Crippen LogP contribution in [0.5, 0.6) is 0 Å². The maximum atomic E-state index is 5.29. The normalized spacial score (nSPS) is 10.5. The Hall–Kier alpha value is -1.44. The fourth-order valence-corrected chi connectivity index (χ4v) is 1.29. The largest absolute Gasteiger partial charge is 0.464 e. The van der Waals surface area contributed by atoms with E-state index in [1.807, 2.05) is 18.3 Å². The minimum atomic E-state index is 0.928. The van der Waals surface area contributed by atoms with Crippen LogP contribution >= 0.6 is 0 Å². The fraction of sp³-hybridized carbons (Fsp3) is 0.200. The van der Waals surface area contributed by atoms with E-state index in [4.69, 9.17) is 4.42 Å². The van der Waals surface area contributed by atoms with E-state index in [2.05, 4.69) is 18.8 Å². The van der Waals surface area contributed by atoms with E-state index in [0.29, 0.717) is 0 Å². The summed E-state index contributed by atoms with van der Waals surface area (Å²) >= 11 is 0. The first-order valence-electron chi connectivity index (χ1n) is 3.97. The summed E-state index contributed by atoms with van der Waals surface area (Å²) in [5, 5.41) is 0. The van der Waals surface area contributed by atoms with Gasteiger partial charge < -0.3 is 9.40 Å². The molecule has 2 aromatic heterocycles. The predicted molar refractivity (Wildman–Crippen MR) is 48.0 cm³/mol. The number of aromatic amines is 1. The predicted octanol–water partition coefficient (Wildman–Crippen LogP) is 2.89. The third-order valence-corrected chi connectivity index (χ3v) is 2.19. The van der Waals surface area contributed by atoms with Gasteiger partial charge >= 0.3 is 0 Å². The first-order chi connectivity index (χ1) is 5.79. The Balaban J connectivity index is 2.55. The number of aryl methyl sites for hydroxylation is 1. The molecular weight excluding hydrogens is 150 g/mol. The second-order valence-corrected chi connectivity index (χ2v) is 2.93. The first kappa shape index (κ1) is 7.22. The Labute approximate surface area is 71.2 Å². The summed E-state index contributed by atoms with van der Waals surface area (Å²) in [6.07, 6.45) is 3.67. The van der Waals surface area contributed by atoms with Crippen LogP contribution in [0.25, 0.3) is 11.3 Å². The molecule has 2 heteroatoms. The van der Waals surface area contributed by atoms with Gasteiger partial charge in [-0.15, -0.1) is 0 Å². The molecule has 0 aliphatic carbocycles. The van der Waals surface area contributed by atoms with Gasteiger partial charge in [-0.1, -0.05) is 0 Å². The molecule has 12 heavy (non-hydrogen) atoms. The molecule has 1 N–H and O–H groups in total. The van der Waals surface area contributed by atoms with Crippen LogP contribution in [0.3, 0.4) is 0 Å². The highest BCUT2D eigenvalue weighted by molar-refractivity contribution is 5.62. The van der Waals surface area contributed by atoms with Gasteiger partial charge in [0.2, 0.25) is 0 Å².